The van der Waals surface area contributed by atoms with E-state index < -0.39 is 0 Å². The minimum atomic E-state index is 0.447. The van der Waals surface area contributed by atoms with E-state index in [9.17, 15) is 9.59 Å². The minimum absolute atomic E-state index is 0.447. The second-order valence-corrected chi connectivity index (χ2v) is 2.73. The molecule has 1 aromatic rings. The summed E-state index contributed by atoms with van der Waals surface area (Å²) < 4.78 is 0. The summed E-state index contributed by atoms with van der Waals surface area (Å²) >= 11 is 0. The van der Waals surface area contributed by atoms with Crippen molar-refractivity contribution in [3.05, 3.63) is 35.4 Å². The first-order chi connectivity index (χ1) is 6.86. The highest BCUT2D eigenvalue weighted by Gasteiger charge is 1.98. The van der Waals surface area contributed by atoms with E-state index in [1.165, 1.54) is 0 Å². The molecule has 0 fully saturated rings. The highest BCUT2D eigenvalue weighted by atomic mass is 16.1. The number of rotatable bonds is 4. The van der Waals surface area contributed by atoms with Crippen molar-refractivity contribution in [3.63, 3.8) is 0 Å². The number of nitrogens with one attached hydrogen (secondary N) is 2. The number of carbonyl (C=O) groups excluding carboxylic acids is 2. The van der Waals surface area contributed by atoms with Gasteiger partial charge in [0.2, 0.25) is 0 Å². The monoisotopic (exact) mass is 190 g/mol. The van der Waals surface area contributed by atoms with Crippen LogP contribution in [0.1, 0.15) is 11.1 Å². The summed E-state index contributed by atoms with van der Waals surface area (Å²) in [7, 11) is 0. The van der Waals surface area contributed by atoms with Crippen LogP contribution in [0.5, 0.6) is 0 Å². The van der Waals surface area contributed by atoms with E-state index in [1.807, 2.05) is 24.3 Å². The Morgan fingerprint density at radius 1 is 1.00 bits per heavy atom. The lowest BCUT2D eigenvalue weighted by atomic mass is 10.1. The van der Waals surface area contributed by atoms with Gasteiger partial charge in [0, 0.05) is 11.1 Å². The zero-order chi connectivity index (χ0) is 10.2. The maximum Gasteiger partial charge on any atom is 0.422 e. The fourth-order valence-electron chi connectivity index (χ4n) is 1.13. The Morgan fingerprint density at radius 3 is 1.93 bits per heavy atom. The van der Waals surface area contributed by atoms with E-state index in [0.717, 1.165) is 11.1 Å². The van der Waals surface area contributed by atoms with Crippen molar-refractivity contribution in [2.45, 2.75) is 13.1 Å². The highest BCUT2D eigenvalue weighted by molar-refractivity contribution is 5.26. The molecule has 1 aromatic carbocycles. The molecule has 70 valence electrons. The van der Waals surface area contributed by atoms with Crippen molar-refractivity contribution in [1.29, 1.82) is 0 Å². The van der Waals surface area contributed by atoms with Gasteiger partial charge in [-0.3, -0.25) is 0 Å². The quantitative estimate of drug-likeness (QED) is 0.408. The van der Waals surface area contributed by atoms with E-state index in [2.05, 4.69) is 9.98 Å². The van der Waals surface area contributed by atoms with Crippen LogP contribution in [-0.4, -0.2) is 12.2 Å². The molecule has 0 heterocycles. The Morgan fingerprint density at radius 2 is 1.50 bits per heavy atom. The van der Waals surface area contributed by atoms with Crippen molar-refractivity contribution < 1.29 is 19.6 Å². The molecule has 0 aromatic heterocycles. The number of benzene rings is 1. The molecule has 0 radical (unpaired) electrons. The number of hydrogen-bond donors (Lipinski definition) is 2. The summed E-state index contributed by atoms with van der Waals surface area (Å²) in [5.41, 5.74) is 1.94. The molecule has 0 aliphatic rings. The van der Waals surface area contributed by atoms with Gasteiger partial charge in [0.05, 0.1) is 0 Å². The molecule has 4 nitrogen and oxygen atoms in total. The average Bonchev–Trinajstić information content (AvgIpc) is 2.24. The predicted octanol–water partition coefficient (Wildman–Crippen LogP) is -2.48. The molecule has 0 unspecified atom stereocenters. The van der Waals surface area contributed by atoms with Crippen LogP contribution in [0, 0.1) is 0 Å². The molecular weight excluding hydrogens is 180 g/mol. The summed E-state index contributed by atoms with van der Waals surface area (Å²) in [6.07, 6.45) is 3.20. The summed E-state index contributed by atoms with van der Waals surface area (Å²) in [5, 5.41) is 0. The lowest BCUT2D eigenvalue weighted by Crippen LogP contribution is -2.65. The standard InChI is InChI=1S/C10H8N2O2/c13-7-11-5-9-2-1-3-10(4-9)6-12-8-14/h1-4H,5-6H2/p+2. The van der Waals surface area contributed by atoms with E-state index in [0.29, 0.717) is 13.1 Å². The van der Waals surface area contributed by atoms with Crippen LogP contribution in [0.2, 0.25) is 0 Å². The third-order valence-electron chi connectivity index (χ3n) is 1.72. The van der Waals surface area contributed by atoms with Crippen LogP contribution in [0.15, 0.2) is 24.3 Å². The SMILES string of the molecule is O=C=[NH+]Cc1cccc(C[NH+]=C=O)c1. The highest BCUT2D eigenvalue weighted by Crippen LogP contribution is 2.01. The fraction of sp³-hybridized carbons (Fsp3) is 0.200. The van der Waals surface area contributed by atoms with Crippen LogP contribution in [0.25, 0.3) is 0 Å². The molecule has 0 bridgehead atoms. The molecule has 2 N–H and O–H groups in total. The molecule has 1 rings (SSSR count). The van der Waals surface area contributed by atoms with Gasteiger partial charge in [0.1, 0.15) is 0 Å². The van der Waals surface area contributed by atoms with Crippen molar-refractivity contribution in [2.24, 2.45) is 0 Å². The summed E-state index contributed by atoms with van der Waals surface area (Å²) in [4.78, 5) is 24.8. The van der Waals surface area contributed by atoms with Gasteiger partial charge in [-0.2, -0.15) is 19.6 Å². The smallest absolute Gasteiger partial charge is 0.162 e. The van der Waals surface area contributed by atoms with Crippen LogP contribution in [0.4, 0.5) is 0 Å². The van der Waals surface area contributed by atoms with Crippen molar-refractivity contribution in [2.75, 3.05) is 0 Å². The summed E-state index contributed by atoms with van der Waals surface area (Å²) in [5.74, 6) is 0. The van der Waals surface area contributed by atoms with Gasteiger partial charge < -0.3 is 0 Å². The average molecular weight is 190 g/mol. The van der Waals surface area contributed by atoms with Gasteiger partial charge in [-0.05, 0) is 6.07 Å². The van der Waals surface area contributed by atoms with Crippen LogP contribution in [0.3, 0.4) is 0 Å². The molecule has 0 aliphatic heterocycles. The van der Waals surface area contributed by atoms with Crippen LogP contribution >= 0.6 is 0 Å². The predicted molar refractivity (Wildman–Crippen MR) is 47.2 cm³/mol. The Kier molecular flexibility index (Phi) is 4.02. The van der Waals surface area contributed by atoms with Crippen molar-refractivity contribution >= 4 is 12.2 Å². The molecule has 14 heavy (non-hydrogen) atoms. The Hall–Kier alpha value is -2.02. The first kappa shape index (κ1) is 10.1. The lowest BCUT2D eigenvalue weighted by molar-refractivity contribution is -0.473. The molecule has 0 saturated heterocycles. The van der Waals surface area contributed by atoms with Gasteiger partial charge in [-0.15, -0.1) is 0 Å². The largest absolute Gasteiger partial charge is 0.422 e. The van der Waals surface area contributed by atoms with Crippen molar-refractivity contribution in [1.82, 2.24) is 0 Å². The van der Waals surface area contributed by atoms with Gasteiger partial charge in [-0.25, -0.2) is 0 Å². The zero-order valence-corrected chi connectivity index (χ0v) is 7.54. The molecule has 0 saturated carbocycles. The summed E-state index contributed by atoms with van der Waals surface area (Å²) in [6, 6.07) is 7.54. The van der Waals surface area contributed by atoms with E-state index in [4.69, 9.17) is 0 Å². The van der Waals surface area contributed by atoms with E-state index in [1.54, 1.807) is 12.2 Å². The Labute approximate surface area is 81.0 Å². The normalized spacial score (nSPS) is 8.57. The molecule has 4 heteroatoms. The second-order valence-electron chi connectivity index (χ2n) is 2.73. The molecular formula is C10H10N2O2+2. The third-order valence-corrected chi connectivity index (χ3v) is 1.72. The maximum absolute atomic E-state index is 9.94. The lowest BCUT2D eigenvalue weighted by Gasteiger charge is -1.94. The number of hydrogen-bond acceptors (Lipinski definition) is 2. The van der Waals surface area contributed by atoms with Crippen LogP contribution in [-0.2, 0) is 22.7 Å². The van der Waals surface area contributed by atoms with Crippen LogP contribution < -0.4 is 9.98 Å². The molecule has 0 atom stereocenters. The van der Waals surface area contributed by atoms with E-state index in [-0.39, 0.29) is 0 Å². The third kappa shape index (κ3) is 3.15. The summed E-state index contributed by atoms with van der Waals surface area (Å²) in [6.45, 7) is 0.893. The first-order valence-corrected chi connectivity index (χ1v) is 4.14. The van der Waals surface area contributed by atoms with Crippen molar-refractivity contribution in [3.8, 4) is 0 Å². The zero-order valence-electron chi connectivity index (χ0n) is 7.54. The van der Waals surface area contributed by atoms with E-state index >= 15 is 0 Å². The molecule has 0 spiro atoms. The fourth-order valence-corrected chi connectivity index (χ4v) is 1.13. The maximum atomic E-state index is 9.94. The topological polar surface area (TPSA) is 62.1 Å². The number of isocyanates is 2. The van der Waals surface area contributed by atoms with Gasteiger partial charge >= 0.3 is 12.2 Å². The minimum Gasteiger partial charge on any atom is -0.162 e. The van der Waals surface area contributed by atoms with Gasteiger partial charge in [-0.1, -0.05) is 18.2 Å². The van der Waals surface area contributed by atoms with Gasteiger partial charge in [0.15, 0.2) is 13.1 Å². The molecule has 0 amide bonds. The first-order valence-electron chi connectivity index (χ1n) is 4.14. The second kappa shape index (κ2) is 5.60. The molecule has 0 aliphatic carbocycles. The Bertz CT molecular complexity index is 367. The van der Waals surface area contributed by atoms with Gasteiger partial charge in [0.25, 0.3) is 0 Å². The Balaban J connectivity index is 2.77.